The number of nitrogens with zero attached hydrogens (tertiary/aromatic N) is 1. The Morgan fingerprint density at radius 3 is 2.64 bits per heavy atom. The van der Waals surface area contributed by atoms with Crippen molar-refractivity contribution in [3.05, 3.63) is 77.0 Å². The second kappa shape index (κ2) is 4.70. The van der Waals surface area contributed by atoms with Crippen LogP contribution >= 0.6 is 0 Å². The predicted molar refractivity (Wildman–Crippen MR) is 87.9 cm³/mol. The van der Waals surface area contributed by atoms with Crippen molar-refractivity contribution in [3.63, 3.8) is 0 Å². The molecule has 106 valence electrons. The van der Waals surface area contributed by atoms with Crippen LogP contribution in [0.25, 0.3) is 32.8 Å². The van der Waals surface area contributed by atoms with Crippen molar-refractivity contribution < 1.29 is 4.92 Å². The Bertz CT molecular complexity index is 1020. The molecule has 0 bridgehead atoms. The first kappa shape index (κ1) is 12.6. The first-order chi connectivity index (χ1) is 10.7. The molecule has 0 amide bonds. The summed E-state index contributed by atoms with van der Waals surface area (Å²) in [4.78, 5) is 14.3. The summed E-state index contributed by atoms with van der Waals surface area (Å²) < 4.78 is 0. The molecule has 0 atom stereocenters. The SMILES string of the molecule is O=[N+]([O-])c1ccc2ccccc2c1-c1ccc2[nH]ccc2c1. The van der Waals surface area contributed by atoms with Gasteiger partial charge in [-0.1, -0.05) is 30.3 Å². The van der Waals surface area contributed by atoms with Gasteiger partial charge < -0.3 is 4.98 Å². The molecule has 1 N–H and O–H groups in total. The standard InChI is InChI=1S/C18H12N2O2/c21-20(22)17-8-6-12-3-1-2-4-15(12)18(17)14-5-7-16-13(11-14)9-10-19-16/h1-11,19H. The minimum atomic E-state index is -0.316. The summed E-state index contributed by atoms with van der Waals surface area (Å²) in [6.07, 6.45) is 1.87. The Kier molecular flexibility index (Phi) is 2.69. The van der Waals surface area contributed by atoms with Gasteiger partial charge in [0, 0.05) is 17.8 Å². The lowest BCUT2D eigenvalue weighted by Crippen LogP contribution is -1.93. The topological polar surface area (TPSA) is 58.9 Å². The van der Waals surface area contributed by atoms with E-state index in [0.717, 1.165) is 27.2 Å². The van der Waals surface area contributed by atoms with Crippen molar-refractivity contribution in [2.24, 2.45) is 0 Å². The van der Waals surface area contributed by atoms with Crippen LogP contribution in [0.15, 0.2) is 66.9 Å². The van der Waals surface area contributed by atoms with Crippen LogP contribution in [0.1, 0.15) is 0 Å². The maximum absolute atomic E-state index is 11.5. The lowest BCUT2D eigenvalue weighted by Gasteiger charge is -2.08. The van der Waals surface area contributed by atoms with Crippen LogP contribution in [-0.2, 0) is 0 Å². The summed E-state index contributed by atoms with van der Waals surface area (Å²) in [5.41, 5.74) is 2.68. The van der Waals surface area contributed by atoms with E-state index < -0.39 is 0 Å². The molecule has 4 nitrogen and oxygen atoms in total. The van der Waals surface area contributed by atoms with E-state index in [1.165, 1.54) is 0 Å². The normalized spacial score (nSPS) is 11.1. The first-order valence-corrected chi connectivity index (χ1v) is 6.98. The van der Waals surface area contributed by atoms with Crippen LogP contribution in [0.4, 0.5) is 5.69 Å². The zero-order chi connectivity index (χ0) is 15.1. The molecule has 1 aromatic heterocycles. The highest BCUT2D eigenvalue weighted by molar-refractivity contribution is 6.02. The zero-order valence-electron chi connectivity index (χ0n) is 11.6. The molecule has 4 aromatic rings. The summed E-state index contributed by atoms with van der Waals surface area (Å²) in [6.45, 7) is 0. The summed E-state index contributed by atoms with van der Waals surface area (Å²) >= 11 is 0. The minimum absolute atomic E-state index is 0.133. The van der Waals surface area contributed by atoms with Gasteiger partial charge >= 0.3 is 0 Å². The van der Waals surface area contributed by atoms with Crippen molar-refractivity contribution in [2.45, 2.75) is 0 Å². The Hall–Kier alpha value is -3.14. The molecule has 0 unspecified atom stereocenters. The maximum atomic E-state index is 11.5. The average Bonchev–Trinajstić information content (AvgIpc) is 3.01. The number of benzene rings is 3. The monoisotopic (exact) mass is 288 g/mol. The largest absolute Gasteiger partial charge is 0.361 e. The Morgan fingerprint density at radius 2 is 1.77 bits per heavy atom. The average molecular weight is 288 g/mol. The van der Waals surface area contributed by atoms with Crippen LogP contribution in [0.5, 0.6) is 0 Å². The highest BCUT2D eigenvalue weighted by Gasteiger charge is 2.18. The van der Waals surface area contributed by atoms with Gasteiger partial charge in [0.25, 0.3) is 5.69 Å². The molecule has 0 saturated heterocycles. The van der Waals surface area contributed by atoms with Gasteiger partial charge in [-0.15, -0.1) is 0 Å². The predicted octanol–water partition coefficient (Wildman–Crippen LogP) is 4.90. The van der Waals surface area contributed by atoms with E-state index >= 15 is 0 Å². The van der Waals surface area contributed by atoms with Gasteiger partial charge in [-0.05, 0) is 46.0 Å². The van der Waals surface area contributed by atoms with Crippen LogP contribution in [0.3, 0.4) is 0 Å². The van der Waals surface area contributed by atoms with E-state index in [2.05, 4.69) is 4.98 Å². The molecular formula is C18H12N2O2. The molecule has 4 rings (SSSR count). The number of nitro groups is 1. The van der Waals surface area contributed by atoms with E-state index in [0.29, 0.717) is 5.56 Å². The van der Waals surface area contributed by atoms with Crippen LogP contribution in [-0.4, -0.2) is 9.91 Å². The van der Waals surface area contributed by atoms with Gasteiger partial charge in [0.1, 0.15) is 0 Å². The summed E-state index contributed by atoms with van der Waals surface area (Å²) in [7, 11) is 0. The molecule has 4 heteroatoms. The lowest BCUT2D eigenvalue weighted by molar-refractivity contribution is -0.384. The van der Waals surface area contributed by atoms with Gasteiger partial charge in [0.05, 0.1) is 10.5 Å². The summed E-state index contributed by atoms with van der Waals surface area (Å²) in [6, 6.07) is 19.0. The third-order valence-electron chi connectivity index (χ3n) is 3.95. The molecule has 0 aliphatic carbocycles. The molecule has 0 fully saturated rings. The molecule has 3 aromatic carbocycles. The van der Waals surface area contributed by atoms with Gasteiger partial charge in [-0.25, -0.2) is 0 Å². The highest BCUT2D eigenvalue weighted by atomic mass is 16.6. The lowest BCUT2D eigenvalue weighted by atomic mass is 9.96. The second-order valence-electron chi connectivity index (χ2n) is 5.22. The first-order valence-electron chi connectivity index (χ1n) is 6.98. The summed E-state index contributed by atoms with van der Waals surface area (Å²) in [5.74, 6) is 0. The van der Waals surface area contributed by atoms with Gasteiger partial charge in [-0.2, -0.15) is 0 Å². The van der Waals surface area contributed by atoms with E-state index in [1.54, 1.807) is 12.1 Å². The van der Waals surface area contributed by atoms with Crippen molar-refractivity contribution in [2.75, 3.05) is 0 Å². The maximum Gasteiger partial charge on any atom is 0.277 e. The number of nitrogens with one attached hydrogen (secondary N) is 1. The van der Waals surface area contributed by atoms with Crippen LogP contribution < -0.4 is 0 Å². The minimum Gasteiger partial charge on any atom is -0.361 e. The molecule has 1 heterocycles. The molecule has 0 aliphatic rings. The fourth-order valence-electron chi connectivity index (χ4n) is 2.92. The smallest absolute Gasteiger partial charge is 0.277 e. The number of hydrogen-bond donors (Lipinski definition) is 1. The molecular weight excluding hydrogens is 276 g/mol. The Balaban J connectivity index is 2.10. The fraction of sp³-hybridized carbons (Fsp3) is 0. The molecule has 22 heavy (non-hydrogen) atoms. The summed E-state index contributed by atoms with van der Waals surface area (Å²) in [5, 5.41) is 14.4. The van der Waals surface area contributed by atoms with Crippen LogP contribution in [0, 0.1) is 10.1 Å². The van der Waals surface area contributed by atoms with E-state index in [-0.39, 0.29) is 10.6 Å². The van der Waals surface area contributed by atoms with Gasteiger partial charge in [-0.3, -0.25) is 10.1 Å². The third kappa shape index (κ3) is 1.85. The quantitative estimate of drug-likeness (QED) is 0.421. The molecule has 0 saturated carbocycles. The number of aromatic amines is 1. The van der Waals surface area contributed by atoms with E-state index in [4.69, 9.17) is 0 Å². The van der Waals surface area contributed by atoms with Crippen molar-refractivity contribution >= 4 is 27.4 Å². The fourth-order valence-corrected chi connectivity index (χ4v) is 2.92. The number of nitro benzene ring substituents is 1. The van der Waals surface area contributed by atoms with E-state index in [1.807, 2.05) is 54.7 Å². The van der Waals surface area contributed by atoms with Gasteiger partial charge in [0.2, 0.25) is 0 Å². The molecule has 0 aliphatic heterocycles. The van der Waals surface area contributed by atoms with Crippen molar-refractivity contribution in [1.29, 1.82) is 0 Å². The molecule has 0 spiro atoms. The number of H-pyrrole nitrogens is 1. The third-order valence-corrected chi connectivity index (χ3v) is 3.95. The van der Waals surface area contributed by atoms with Crippen molar-refractivity contribution in [3.8, 4) is 11.1 Å². The van der Waals surface area contributed by atoms with Crippen LogP contribution in [0.2, 0.25) is 0 Å². The Morgan fingerprint density at radius 1 is 0.909 bits per heavy atom. The number of rotatable bonds is 2. The molecule has 0 radical (unpaired) electrons. The zero-order valence-corrected chi connectivity index (χ0v) is 11.6. The van der Waals surface area contributed by atoms with Gasteiger partial charge in [0.15, 0.2) is 0 Å². The van der Waals surface area contributed by atoms with E-state index in [9.17, 15) is 10.1 Å². The number of hydrogen-bond acceptors (Lipinski definition) is 2. The Labute approximate surface area is 126 Å². The van der Waals surface area contributed by atoms with Crippen molar-refractivity contribution in [1.82, 2.24) is 4.98 Å². The number of fused-ring (bicyclic) bond motifs is 2. The number of aromatic nitrogens is 1. The highest BCUT2D eigenvalue weighted by Crippen LogP contribution is 2.37. The second-order valence-corrected chi connectivity index (χ2v) is 5.22.